The second kappa shape index (κ2) is 8.17. The van der Waals surface area contributed by atoms with Crippen LogP contribution < -0.4 is 5.32 Å². The van der Waals surface area contributed by atoms with Gasteiger partial charge >= 0.3 is 0 Å². The van der Waals surface area contributed by atoms with E-state index < -0.39 is 4.92 Å². The molecule has 1 atom stereocenters. The molecule has 0 radical (unpaired) electrons. The van der Waals surface area contributed by atoms with E-state index in [1.807, 2.05) is 6.07 Å². The minimum absolute atomic E-state index is 0.0556. The van der Waals surface area contributed by atoms with E-state index in [0.29, 0.717) is 5.75 Å². The number of nitro groups is 1. The van der Waals surface area contributed by atoms with Crippen molar-refractivity contribution >= 4 is 33.6 Å². The fourth-order valence-corrected chi connectivity index (χ4v) is 2.95. The largest absolute Gasteiger partial charge is 0.320 e. The van der Waals surface area contributed by atoms with Crippen molar-refractivity contribution in [3.63, 3.8) is 0 Å². The zero-order chi connectivity index (χ0) is 15.8. The molecule has 0 bridgehead atoms. The predicted molar refractivity (Wildman–Crippen MR) is 85.8 cm³/mol. The molecular weight excluding hydrogens is 290 g/mol. The minimum atomic E-state index is -0.612. The van der Waals surface area contributed by atoms with E-state index in [2.05, 4.69) is 18.1 Å². The lowest BCUT2D eigenvalue weighted by Gasteiger charge is -2.08. The van der Waals surface area contributed by atoms with Crippen molar-refractivity contribution in [2.24, 2.45) is 0 Å². The van der Waals surface area contributed by atoms with Crippen molar-refractivity contribution in [1.29, 1.82) is 5.26 Å². The highest BCUT2D eigenvalue weighted by molar-refractivity contribution is 8.14. The number of nitrogens with zero attached hydrogens (tertiary/aromatic N) is 2. The first-order chi connectivity index (χ1) is 9.97. The molecule has 0 spiro atoms. The summed E-state index contributed by atoms with van der Waals surface area (Å²) in [6.07, 6.45) is 1.30. The molecule has 0 aliphatic heterocycles. The molecular formula is C14H17N3O3S. The van der Waals surface area contributed by atoms with Crippen LogP contribution >= 0.6 is 10.5 Å². The molecule has 112 valence electrons. The zero-order valence-corrected chi connectivity index (χ0v) is 12.6. The van der Waals surface area contributed by atoms with Gasteiger partial charge in [-0.15, -0.1) is 0 Å². The molecule has 0 aromatic heterocycles. The van der Waals surface area contributed by atoms with E-state index in [0.717, 1.165) is 18.2 Å². The SMILES string of the molecule is C=S(CCC)CCC(=O)Nc1ccc(C#N)cc1[N+](=O)[O-]. The van der Waals surface area contributed by atoms with E-state index >= 15 is 0 Å². The third-order valence-corrected chi connectivity index (χ3v) is 4.48. The standard InChI is InChI=1S/C14H17N3O3S/c1-3-7-21(2)8-6-14(18)16-12-5-4-11(10-15)9-13(12)17(19)20/h4-5,9H,2-3,6-8H2,1H3,(H,16,18). The first-order valence-electron chi connectivity index (χ1n) is 6.43. The molecule has 0 heterocycles. The molecule has 7 heteroatoms. The number of hydrogen-bond donors (Lipinski definition) is 1. The first kappa shape index (κ1) is 16.9. The number of nitro benzene ring substituents is 1. The zero-order valence-electron chi connectivity index (χ0n) is 11.8. The monoisotopic (exact) mass is 307 g/mol. The van der Waals surface area contributed by atoms with Gasteiger partial charge in [0.25, 0.3) is 5.69 Å². The quantitative estimate of drug-likeness (QED) is 0.476. The Morgan fingerprint density at radius 2 is 2.24 bits per heavy atom. The average Bonchev–Trinajstić information content (AvgIpc) is 2.45. The van der Waals surface area contributed by atoms with Gasteiger partial charge in [0.2, 0.25) is 5.91 Å². The van der Waals surface area contributed by atoms with Gasteiger partial charge in [0.15, 0.2) is 0 Å². The van der Waals surface area contributed by atoms with Gasteiger partial charge in [0.05, 0.1) is 16.6 Å². The summed E-state index contributed by atoms with van der Waals surface area (Å²) >= 11 is 0. The Balaban J connectivity index is 2.74. The maximum atomic E-state index is 11.8. The highest BCUT2D eigenvalue weighted by Crippen LogP contribution is 2.25. The van der Waals surface area contributed by atoms with Crippen LogP contribution in [0.3, 0.4) is 0 Å². The Morgan fingerprint density at radius 3 is 2.81 bits per heavy atom. The lowest BCUT2D eigenvalue weighted by Crippen LogP contribution is -2.14. The Hall–Kier alpha value is -2.20. The number of nitriles is 1. The van der Waals surface area contributed by atoms with Crippen molar-refractivity contribution < 1.29 is 9.72 Å². The molecule has 1 N–H and O–H groups in total. The van der Waals surface area contributed by atoms with Gasteiger partial charge in [-0.1, -0.05) is 12.8 Å². The van der Waals surface area contributed by atoms with Gasteiger partial charge in [-0.25, -0.2) is 0 Å². The lowest BCUT2D eigenvalue weighted by molar-refractivity contribution is -0.383. The third kappa shape index (κ3) is 5.36. The summed E-state index contributed by atoms with van der Waals surface area (Å²) in [5, 5.41) is 22.2. The highest BCUT2D eigenvalue weighted by atomic mass is 32.2. The van der Waals surface area contributed by atoms with Crippen LogP contribution in [0.1, 0.15) is 25.3 Å². The van der Waals surface area contributed by atoms with Gasteiger partial charge in [-0.2, -0.15) is 15.7 Å². The number of rotatable bonds is 7. The fraction of sp³-hybridized carbons (Fsp3) is 0.357. The van der Waals surface area contributed by atoms with Gasteiger partial charge in [0.1, 0.15) is 5.69 Å². The molecule has 0 fully saturated rings. The molecule has 1 aromatic carbocycles. The second-order valence-electron chi connectivity index (χ2n) is 4.42. The number of carbonyl (C=O) groups is 1. The van der Waals surface area contributed by atoms with Crippen molar-refractivity contribution in [3.8, 4) is 6.07 Å². The van der Waals surface area contributed by atoms with Crippen molar-refractivity contribution in [1.82, 2.24) is 0 Å². The number of nitrogens with one attached hydrogen (secondary N) is 1. The molecule has 0 saturated heterocycles. The van der Waals surface area contributed by atoms with Gasteiger partial charge in [0, 0.05) is 12.5 Å². The molecule has 1 amide bonds. The minimum Gasteiger partial charge on any atom is -0.320 e. The van der Waals surface area contributed by atoms with E-state index in [1.165, 1.54) is 12.1 Å². The summed E-state index contributed by atoms with van der Waals surface area (Å²) in [6.45, 7) is 2.06. The Kier molecular flexibility index (Phi) is 6.56. The van der Waals surface area contributed by atoms with Crippen LogP contribution in [-0.4, -0.2) is 28.2 Å². The number of anilines is 1. The van der Waals surface area contributed by atoms with Crippen molar-refractivity contribution in [2.45, 2.75) is 19.8 Å². The maximum absolute atomic E-state index is 11.8. The summed E-state index contributed by atoms with van der Waals surface area (Å²) in [7, 11) is -0.0556. The van der Waals surface area contributed by atoms with E-state index in [1.54, 1.807) is 0 Å². The molecule has 6 nitrogen and oxygen atoms in total. The molecule has 1 unspecified atom stereocenters. The van der Waals surface area contributed by atoms with Crippen molar-refractivity contribution in [3.05, 3.63) is 33.9 Å². The average molecular weight is 307 g/mol. The van der Waals surface area contributed by atoms with Gasteiger partial charge in [-0.3, -0.25) is 14.9 Å². The van der Waals surface area contributed by atoms with E-state index in [9.17, 15) is 14.9 Å². The smallest absolute Gasteiger partial charge is 0.294 e. The molecule has 1 rings (SSSR count). The molecule has 0 aliphatic carbocycles. The normalized spacial score (nSPS) is 11.4. The number of benzene rings is 1. The number of hydrogen-bond acceptors (Lipinski definition) is 4. The summed E-state index contributed by atoms with van der Waals surface area (Å²) in [5.74, 6) is 5.35. The highest BCUT2D eigenvalue weighted by Gasteiger charge is 2.16. The molecule has 1 aromatic rings. The first-order valence-corrected chi connectivity index (χ1v) is 8.16. The van der Waals surface area contributed by atoms with Crippen LogP contribution in [-0.2, 0) is 4.79 Å². The maximum Gasteiger partial charge on any atom is 0.294 e. The van der Waals surface area contributed by atoms with Crippen LogP contribution in [0.25, 0.3) is 0 Å². The number of carbonyl (C=O) groups excluding carboxylic acids is 1. The Morgan fingerprint density at radius 1 is 1.52 bits per heavy atom. The van der Waals surface area contributed by atoms with Crippen LogP contribution in [0.4, 0.5) is 11.4 Å². The van der Waals surface area contributed by atoms with Crippen LogP contribution in [0.2, 0.25) is 0 Å². The summed E-state index contributed by atoms with van der Waals surface area (Å²) in [5.41, 5.74) is 0.0231. The lowest BCUT2D eigenvalue weighted by atomic mass is 10.2. The van der Waals surface area contributed by atoms with E-state index in [-0.39, 0.29) is 39.8 Å². The molecule has 0 aliphatic rings. The molecule has 21 heavy (non-hydrogen) atoms. The van der Waals surface area contributed by atoms with Crippen LogP contribution in [0.5, 0.6) is 0 Å². The molecule has 0 saturated carbocycles. The Labute approximate surface area is 125 Å². The Bertz CT molecular complexity index is 608. The summed E-state index contributed by atoms with van der Waals surface area (Å²) < 4.78 is 0. The fourth-order valence-electron chi connectivity index (χ4n) is 1.70. The predicted octanol–water partition coefficient (Wildman–Crippen LogP) is 2.91. The number of amides is 1. The third-order valence-electron chi connectivity index (χ3n) is 2.71. The second-order valence-corrected chi connectivity index (χ2v) is 6.46. The topological polar surface area (TPSA) is 96.0 Å². The summed E-state index contributed by atoms with van der Waals surface area (Å²) in [4.78, 5) is 22.2. The summed E-state index contributed by atoms with van der Waals surface area (Å²) in [6, 6.07) is 5.80. The van der Waals surface area contributed by atoms with Crippen LogP contribution in [0, 0.1) is 21.4 Å². The van der Waals surface area contributed by atoms with Gasteiger partial charge in [-0.05, 0) is 30.1 Å². The van der Waals surface area contributed by atoms with E-state index in [4.69, 9.17) is 5.26 Å². The van der Waals surface area contributed by atoms with Crippen LogP contribution in [0.15, 0.2) is 18.2 Å². The van der Waals surface area contributed by atoms with Gasteiger partial charge < -0.3 is 5.32 Å². The van der Waals surface area contributed by atoms with Crippen molar-refractivity contribution in [2.75, 3.05) is 16.8 Å².